The van der Waals surface area contributed by atoms with Crippen LogP contribution in [0.4, 0.5) is 13.2 Å². The van der Waals surface area contributed by atoms with Gasteiger partial charge in [-0.1, -0.05) is 44.2 Å². The Kier molecular flexibility index (Phi) is 5.46. The second-order valence-electron chi connectivity index (χ2n) is 5.62. The second kappa shape index (κ2) is 7.11. The molecule has 1 aliphatic rings. The zero-order valence-electron chi connectivity index (χ0n) is 11.7. The topological polar surface area (TPSA) is 12.0 Å². The van der Waals surface area contributed by atoms with Crippen LogP contribution < -0.4 is 5.32 Å². The van der Waals surface area contributed by atoms with Gasteiger partial charge in [-0.3, -0.25) is 0 Å². The molecule has 4 heteroatoms. The van der Waals surface area contributed by atoms with E-state index in [0.717, 1.165) is 17.7 Å². The minimum Gasteiger partial charge on any atom is -0.310 e. The van der Waals surface area contributed by atoms with Crippen molar-refractivity contribution in [3.63, 3.8) is 0 Å². The molecule has 1 aliphatic carbocycles. The molecule has 0 saturated heterocycles. The van der Waals surface area contributed by atoms with E-state index in [1.165, 1.54) is 44.9 Å². The van der Waals surface area contributed by atoms with Gasteiger partial charge in [0.25, 0.3) is 0 Å². The first-order valence-electron chi connectivity index (χ1n) is 7.45. The minimum atomic E-state index is -4.24. The molecule has 0 heterocycles. The summed E-state index contributed by atoms with van der Waals surface area (Å²) in [6.45, 7) is 0.656. The summed E-state index contributed by atoms with van der Waals surface area (Å²) in [5.41, 5.74) is 0.340. The van der Waals surface area contributed by atoms with E-state index >= 15 is 0 Å². The highest BCUT2D eigenvalue weighted by Gasteiger charge is 2.29. The van der Waals surface area contributed by atoms with E-state index < -0.39 is 11.7 Å². The smallest absolute Gasteiger partial charge is 0.310 e. The van der Waals surface area contributed by atoms with E-state index in [0.29, 0.717) is 12.6 Å². The Labute approximate surface area is 118 Å². The highest BCUT2D eigenvalue weighted by atomic mass is 19.4. The van der Waals surface area contributed by atoms with E-state index in [4.69, 9.17) is 0 Å². The number of hydrogen-bond donors (Lipinski definition) is 1. The summed E-state index contributed by atoms with van der Waals surface area (Å²) >= 11 is 0. The van der Waals surface area contributed by atoms with E-state index in [9.17, 15) is 13.2 Å². The van der Waals surface area contributed by atoms with Crippen molar-refractivity contribution < 1.29 is 13.2 Å². The van der Waals surface area contributed by atoms with Gasteiger partial charge < -0.3 is 5.32 Å². The fourth-order valence-corrected chi connectivity index (χ4v) is 2.73. The van der Waals surface area contributed by atoms with Gasteiger partial charge in [-0.25, -0.2) is 0 Å². The zero-order chi connectivity index (χ0) is 14.4. The molecule has 1 aromatic rings. The van der Waals surface area contributed by atoms with Gasteiger partial charge in [-0.15, -0.1) is 0 Å². The molecule has 1 N–H and O–H groups in total. The lowest BCUT2D eigenvalue weighted by atomic mass is 9.96. The fourth-order valence-electron chi connectivity index (χ4n) is 2.73. The van der Waals surface area contributed by atoms with Crippen LogP contribution in [0.25, 0.3) is 0 Å². The maximum absolute atomic E-state index is 12.5. The molecular weight excluding hydrogens is 263 g/mol. The van der Waals surface area contributed by atoms with Gasteiger partial charge in [-0.05, 0) is 30.5 Å². The lowest BCUT2D eigenvalue weighted by molar-refractivity contribution is -0.137. The highest BCUT2D eigenvalue weighted by molar-refractivity contribution is 5.24. The second-order valence-corrected chi connectivity index (χ2v) is 5.62. The molecule has 0 amide bonds. The van der Waals surface area contributed by atoms with Crippen LogP contribution in [0.2, 0.25) is 0 Å². The van der Waals surface area contributed by atoms with Gasteiger partial charge in [-0.2, -0.15) is 13.2 Å². The van der Waals surface area contributed by atoms with Crippen molar-refractivity contribution in [3.8, 4) is 0 Å². The maximum atomic E-state index is 12.5. The van der Waals surface area contributed by atoms with Crippen molar-refractivity contribution in [2.75, 3.05) is 0 Å². The molecule has 0 aliphatic heterocycles. The molecule has 0 radical (unpaired) electrons. The van der Waals surface area contributed by atoms with Crippen LogP contribution in [0.5, 0.6) is 0 Å². The van der Waals surface area contributed by atoms with E-state index in [1.807, 2.05) is 0 Å². The van der Waals surface area contributed by atoms with Crippen LogP contribution in [0, 0.1) is 0 Å². The first-order chi connectivity index (χ1) is 9.55. The van der Waals surface area contributed by atoms with Gasteiger partial charge in [0, 0.05) is 12.6 Å². The highest BCUT2D eigenvalue weighted by Crippen LogP contribution is 2.29. The van der Waals surface area contributed by atoms with Crippen molar-refractivity contribution in [2.24, 2.45) is 0 Å². The zero-order valence-corrected chi connectivity index (χ0v) is 11.7. The van der Waals surface area contributed by atoms with Crippen molar-refractivity contribution >= 4 is 0 Å². The van der Waals surface area contributed by atoms with Crippen LogP contribution >= 0.6 is 0 Å². The standard InChI is InChI=1S/C16H22F3N/c17-16(18,19)14-10-8-13(9-11-14)12-20-15-6-4-2-1-3-5-7-15/h8-11,15,20H,1-7,12H2. The fraction of sp³-hybridized carbons (Fsp3) is 0.625. The van der Waals surface area contributed by atoms with Gasteiger partial charge in [0.1, 0.15) is 0 Å². The first kappa shape index (κ1) is 15.4. The summed E-state index contributed by atoms with van der Waals surface area (Å²) in [6.07, 6.45) is 4.57. The number of halogens is 3. The largest absolute Gasteiger partial charge is 0.416 e. The van der Waals surface area contributed by atoms with Gasteiger partial charge in [0.2, 0.25) is 0 Å². The monoisotopic (exact) mass is 285 g/mol. The quantitative estimate of drug-likeness (QED) is 0.832. The van der Waals surface area contributed by atoms with Crippen LogP contribution in [0.3, 0.4) is 0 Å². The van der Waals surface area contributed by atoms with Crippen LogP contribution in [-0.4, -0.2) is 6.04 Å². The maximum Gasteiger partial charge on any atom is 0.416 e. The van der Waals surface area contributed by atoms with Gasteiger partial charge in [0.15, 0.2) is 0 Å². The summed E-state index contributed by atoms with van der Waals surface area (Å²) in [5, 5.41) is 3.48. The number of hydrogen-bond acceptors (Lipinski definition) is 1. The molecule has 2 rings (SSSR count). The predicted octanol–water partition coefficient (Wildman–Crippen LogP) is 4.91. The number of rotatable bonds is 3. The van der Waals surface area contributed by atoms with Crippen LogP contribution in [0.1, 0.15) is 56.1 Å². The van der Waals surface area contributed by atoms with Crippen LogP contribution in [0.15, 0.2) is 24.3 Å². The van der Waals surface area contributed by atoms with Gasteiger partial charge in [0.05, 0.1) is 5.56 Å². The molecule has 0 aromatic heterocycles. The summed E-state index contributed by atoms with van der Waals surface area (Å²) in [4.78, 5) is 0. The molecule has 0 bridgehead atoms. The molecule has 1 saturated carbocycles. The molecule has 112 valence electrons. The molecule has 1 fully saturated rings. The summed E-state index contributed by atoms with van der Waals surface area (Å²) in [7, 11) is 0. The van der Waals surface area contributed by atoms with Crippen molar-refractivity contribution in [1.82, 2.24) is 5.32 Å². The Balaban J connectivity index is 1.83. The van der Waals surface area contributed by atoms with Crippen molar-refractivity contribution in [3.05, 3.63) is 35.4 Å². The Bertz CT molecular complexity index is 389. The minimum absolute atomic E-state index is 0.512. The number of nitrogens with one attached hydrogen (secondary N) is 1. The molecule has 1 nitrogen and oxygen atoms in total. The van der Waals surface area contributed by atoms with E-state index in [2.05, 4.69) is 5.32 Å². The normalized spacial score (nSPS) is 18.6. The molecule has 1 aromatic carbocycles. The first-order valence-corrected chi connectivity index (χ1v) is 7.45. The van der Waals surface area contributed by atoms with E-state index in [-0.39, 0.29) is 0 Å². The summed E-state index contributed by atoms with van der Waals surface area (Å²) in [5.74, 6) is 0. The lowest BCUT2D eigenvalue weighted by Crippen LogP contribution is -2.29. The summed E-state index contributed by atoms with van der Waals surface area (Å²) < 4.78 is 37.4. The number of benzene rings is 1. The Morgan fingerprint density at radius 2 is 1.45 bits per heavy atom. The molecule has 0 spiro atoms. The van der Waals surface area contributed by atoms with Crippen LogP contribution in [-0.2, 0) is 12.7 Å². The molecule has 0 unspecified atom stereocenters. The summed E-state index contributed by atoms with van der Waals surface area (Å²) in [6, 6.07) is 5.97. The van der Waals surface area contributed by atoms with E-state index in [1.54, 1.807) is 12.1 Å². The molecule has 0 atom stereocenters. The average Bonchev–Trinajstić information content (AvgIpc) is 2.37. The Morgan fingerprint density at radius 1 is 0.900 bits per heavy atom. The lowest BCUT2D eigenvalue weighted by Gasteiger charge is -2.21. The third-order valence-electron chi connectivity index (χ3n) is 3.98. The number of alkyl halides is 3. The third-order valence-corrected chi connectivity index (χ3v) is 3.98. The molecular formula is C16H22F3N. The SMILES string of the molecule is FC(F)(F)c1ccc(CNC2CCCCCCC2)cc1. The average molecular weight is 285 g/mol. The van der Waals surface area contributed by atoms with Crippen molar-refractivity contribution in [2.45, 2.75) is 63.7 Å². The predicted molar refractivity (Wildman–Crippen MR) is 74.4 cm³/mol. The van der Waals surface area contributed by atoms with Gasteiger partial charge >= 0.3 is 6.18 Å². The Morgan fingerprint density at radius 3 is 2.00 bits per heavy atom. The third kappa shape index (κ3) is 4.82. The van der Waals surface area contributed by atoms with Crippen molar-refractivity contribution in [1.29, 1.82) is 0 Å². The molecule has 20 heavy (non-hydrogen) atoms. The Hall–Kier alpha value is -1.03.